The fourth-order valence-electron chi connectivity index (χ4n) is 1.14. The van der Waals surface area contributed by atoms with Crippen molar-refractivity contribution in [2.75, 3.05) is 11.9 Å². The van der Waals surface area contributed by atoms with Gasteiger partial charge in [-0.25, -0.2) is 4.79 Å². The summed E-state index contributed by atoms with van der Waals surface area (Å²) >= 11 is 0.986. The lowest BCUT2D eigenvalue weighted by Gasteiger charge is -2.02. The molecule has 17 heavy (non-hydrogen) atoms. The average Bonchev–Trinajstić information content (AvgIpc) is 2.56. The molecule has 7 heteroatoms. The van der Waals surface area contributed by atoms with Crippen molar-refractivity contribution in [3.8, 4) is 0 Å². The maximum absolute atomic E-state index is 11.3. The van der Waals surface area contributed by atoms with Crippen LogP contribution in [0.2, 0.25) is 0 Å². The number of carboxylic acids is 1. The SMILES string of the molecule is CC(=O)NCC(=O)Nc1cc(C)c(C(=O)O)s1. The van der Waals surface area contributed by atoms with Crippen LogP contribution in [-0.2, 0) is 9.59 Å². The summed E-state index contributed by atoms with van der Waals surface area (Å²) < 4.78 is 0. The van der Waals surface area contributed by atoms with Crippen molar-refractivity contribution in [2.45, 2.75) is 13.8 Å². The molecular formula is C10H12N2O4S. The highest BCUT2D eigenvalue weighted by Crippen LogP contribution is 2.26. The zero-order chi connectivity index (χ0) is 13.0. The molecule has 92 valence electrons. The third kappa shape index (κ3) is 3.87. The van der Waals surface area contributed by atoms with E-state index in [-0.39, 0.29) is 17.3 Å². The second-order valence-corrected chi connectivity index (χ2v) is 4.44. The Bertz CT molecular complexity index is 467. The summed E-state index contributed by atoms with van der Waals surface area (Å²) in [6.45, 7) is 2.84. The molecule has 3 N–H and O–H groups in total. The predicted octanol–water partition coefficient (Wildman–Crippen LogP) is 0.829. The van der Waals surface area contributed by atoms with Crippen molar-refractivity contribution < 1.29 is 19.5 Å². The van der Waals surface area contributed by atoms with Gasteiger partial charge >= 0.3 is 5.97 Å². The van der Waals surface area contributed by atoms with Crippen molar-refractivity contribution in [1.82, 2.24) is 5.32 Å². The fourth-order valence-corrected chi connectivity index (χ4v) is 2.07. The van der Waals surface area contributed by atoms with Crippen LogP contribution in [0, 0.1) is 6.92 Å². The molecule has 1 aromatic heterocycles. The summed E-state index contributed by atoms with van der Waals surface area (Å²) in [6.07, 6.45) is 0. The first kappa shape index (κ1) is 13.2. The fraction of sp³-hybridized carbons (Fsp3) is 0.300. The van der Waals surface area contributed by atoms with Crippen molar-refractivity contribution in [3.05, 3.63) is 16.5 Å². The summed E-state index contributed by atoms with van der Waals surface area (Å²) in [5.74, 6) is -1.71. The molecule has 1 rings (SSSR count). The van der Waals surface area contributed by atoms with Gasteiger partial charge in [-0.15, -0.1) is 11.3 Å². The van der Waals surface area contributed by atoms with Crippen LogP contribution in [0.3, 0.4) is 0 Å². The predicted molar refractivity (Wildman–Crippen MR) is 63.3 cm³/mol. The Morgan fingerprint density at radius 1 is 1.41 bits per heavy atom. The lowest BCUT2D eigenvalue weighted by atomic mass is 10.3. The molecule has 0 unspecified atom stereocenters. The molecule has 0 aliphatic carbocycles. The minimum atomic E-state index is -1.02. The second kappa shape index (κ2) is 5.44. The summed E-state index contributed by atoms with van der Waals surface area (Å²) in [4.78, 5) is 32.9. The number of carboxylic acid groups (broad SMARTS) is 1. The Balaban J connectivity index is 2.63. The smallest absolute Gasteiger partial charge is 0.346 e. The second-order valence-electron chi connectivity index (χ2n) is 3.39. The number of thiophene rings is 1. The number of aryl methyl sites for hydroxylation is 1. The largest absolute Gasteiger partial charge is 0.477 e. The van der Waals surface area contributed by atoms with Crippen molar-refractivity contribution in [1.29, 1.82) is 0 Å². The van der Waals surface area contributed by atoms with Gasteiger partial charge in [-0.05, 0) is 18.6 Å². The van der Waals surface area contributed by atoms with Crippen LogP contribution in [-0.4, -0.2) is 29.4 Å². The van der Waals surface area contributed by atoms with E-state index in [0.717, 1.165) is 11.3 Å². The number of anilines is 1. The highest BCUT2D eigenvalue weighted by Gasteiger charge is 2.13. The standard InChI is InChI=1S/C10H12N2O4S/c1-5-3-8(17-9(5)10(15)16)12-7(14)4-11-6(2)13/h3H,4H2,1-2H3,(H,11,13)(H,12,14)(H,15,16). The first-order valence-corrected chi connectivity index (χ1v) is 5.60. The van der Waals surface area contributed by atoms with E-state index >= 15 is 0 Å². The van der Waals surface area contributed by atoms with Crippen LogP contribution in [0.4, 0.5) is 5.00 Å². The molecule has 1 aromatic rings. The molecule has 0 bridgehead atoms. The van der Waals surface area contributed by atoms with Crippen LogP contribution < -0.4 is 10.6 Å². The molecule has 6 nitrogen and oxygen atoms in total. The molecule has 0 saturated heterocycles. The molecule has 1 heterocycles. The Kier molecular flexibility index (Phi) is 4.22. The van der Waals surface area contributed by atoms with Gasteiger partial charge < -0.3 is 15.7 Å². The van der Waals surface area contributed by atoms with E-state index in [9.17, 15) is 14.4 Å². The van der Waals surface area contributed by atoms with Crippen molar-refractivity contribution in [2.24, 2.45) is 0 Å². The molecule has 0 aliphatic heterocycles. The number of amides is 2. The molecular weight excluding hydrogens is 244 g/mol. The van der Waals surface area contributed by atoms with E-state index in [2.05, 4.69) is 10.6 Å². The number of carbonyl (C=O) groups excluding carboxylic acids is 2. The minimum absolute atomic E-state index is 0.130. The van der Waals surface area contributed by atoms with Gasteiger partial charge in [-0.2, -0.15) is 0 Å². The summed E-state index contributed by atoms with van der Waals surface area (Å²) in [5.41, 5.74) is 0.595. The maximum atomic E-state index is 11.3. The quantitative estimate of drug-likeness (QED) is 0.743. The minimum Gasteiger partial charge on any atom is -0.477 e. The lowest BCUT2D eigenvalue weighted by Crippen LogP contribution is -2.30. The zero-order valence-electron chi connectivity index (χ0n) is 9.36. The summed E-state index contributed by atoms with van der Waals surface area (Å²) in [6, 6.07) is 1.58. The number of hydrogen-bond acceptors (Lipinski definition) is 4. The lowest BCUT2D eigenvalue weighted by molar-refractivity contribution is -0.122. The van der Waals surface area contributed by atoms with E-state index in [0.29, 0.717) is 10.6 Å². The third-order valence-electron chi connectivity index (χ3n) is 1.87. The molecule has 0 spiro atoms. The molecule has 2 amide bonds. The zero-order valence-corrected chi connectivity index (χ0v) is 10.2. The van der Waals surface area contributed by atoms with E-state index in [4.69, 9.17) is 5.11 Å². The third-order valence-corrected chi connectivity index (χ3v) is 3.01. The monoisotopic (exact) mass is 256 g/mol. The molecule has 0 aromatic carbocycles. The topological polar surface area (TPSA) is 95.5 Å². The summed E-state index contributed by atoms with van der Waals surface area (Å²) in [7, 11) is 0. The number of hydrogen-bond donors (Lipinski definition) is 3. The number of aromatic carboxylic acids is 1. The van der Waals surface area contributed by atoms with Crippen LogP contribution in [0.5, 0.6) is 0 Å². The number of rotatable bonds is 4. The summed E-state index contributed by atoms with van der Waals surface area (Å²) in [5, 5.41) is 14.1. The van der Waals surface area contributed by atoms with E-state index in [1.165, 1.54) is 6.92 Å². The van der Waals surface area contributed by atoms with Gasteiger partial charge in [0.05, 0.1) is 11.5 Å². The Hall–Kier alpha value is -1.89. The molecule has 0 aliphatic rings. The first-order valence-electron chi connectivity index (χ1n) is 4.78. The Labute approximate surface area is 102 Å². The highest BCUT2D eigenvalue weighted by atomic mass is 32.1. The van der Waals surface area contributed by atoms with Gasteiger partial charge in [0.15, 0.2) is 0 Å². The Morgan fingerprint density at radius 2 is 2.06 bits per heavy atom. The van der Waals surface area contributed by atoms with Crippen LogP contribution in [0.25, 0.3) is 0 Å². The van der Waals surface area contributed by atoms with Gasteiger partial charge in [0, 0.05) is 6.92 Å². The first-order chi connectivity index (χ1) is 7.90. The number of nitrogens with one attached hydrogen (secondary N) is 2. The van der Waals surface area contributed by atoms with E-state index < -0.39 is 11.9 Å². The van der Waals surface area contributed by atoms with Crippen LogP contribution >= 0.6 is 11.3 Å². The van der Waals surface area contributed by atoms with Crippen molar-refractivity contribution in [3.63, 3.8) is 0 Å². The molecule has 0 saturated carbocycles. The molecule has 0 fully saturated rings. The van der Waals surface area contributed by atoms with E-state index in [1.807, 2.05) is 0 Å². The number of carbonyl (C=O) groups is 3. The van der Waals surface area contributed by atoms with Crippen LogP contribution in [0.1, 0.15) is 22.2 Å². The van der Waals surface area contributed by atoms with Crippen LogP contribution in [0.15, 0.2) is 6.07 Å². The van der Waals surface area contributed by atoms with Gasteiger partial charge in [0.2, 0.25) is 11.8 Å². The van der Waals surface area contributed by atoms with Gasteiger partial charge in [-0.1, -0.05) is 0 Å². The van der Waals surface area contributed by atoms with Crippen molar-refractivity contribution >= 4 is 34.1 Å². The normalized spacial score (nSPS) is 9.76. The van der Waals surface area contributed by atoms with Gasteiger partial charge in [0.25, 0.3) is 0 Å². The maximum Gasteiger partial charge on any atom is 0.346 e. The Morgan fingerprint density at radius 3 is 2.53 bits per heavy atom. The highest BCUT2D eigenvalue weighted by molar-refractivity contribution is 7.18. The molecule has 0 atom stereocenters. The molecule has 0 radical (unpaired) electrons. The average molecular weight is 256 g/mol. The van der Waals surface area contributed by atoms with Gasteiger partial charge in [-0.3, -0.25) is 9.59 Å². The van der Waals surface area contributed by atoms with E-state index in [1.54, 1.807) is 13.0 Å². The van der Waals surface area contributed by atoms with Gasteiger partial charge in [0.1, 0.15) is 4.88 Å².